The Bertz CT molecular complexity index is 368. The Kier molecular flexibility index (Phi) is 7.35. The van der Waals surface area contributed by atoms with Crippen LogP contribution in [0.3, 0.4) is 0 Å². The van der Waals surface area contributed by atoms with Gasteiger partial charge in [-0.1, -0.05) is 35.9 Å². The Hall–Kier alpha value is 0.154. The molecule has 0 radical (unpaired) electrons. The first-order valence-electron chi connectivity index (χ1n) is 4.76. The molecule has 0 atom stereocenters. The fourth-order valence-corrected chi connectivity index (χ4v) is 1.36. The number of benzene rings is 1. The molecule has 0 saturated heterocycles. The molecule has 2 rings (SSSR count). The average molecular weight is 309 g/mol. The zero-order chi connectivity index (χ0) is 11.8. The third-order valence-corrected chi connectivity index (χ3v) is 1.98. The molecule has 4 heteroatoms. The van der Waals surface area contributed by atoms with E-state index in [4.69, 9.17) is 27.9 Å². The Balaban J connectivity index is 0.000000280. The Morgan fingerprint density at radius 1 is 0.875 bits per heavy atom. The van der Waals surface area contributed by atoms with Crippen molar-refractivity contribution in [3.8, 4) is 0 Å². The third kappa shape index (κ3) is 6.68. The van der Waals surface area contributed by atoms with Crippen molar-refractivity contribution in [3.05, 3.63) is 65.7 Å². The molecule has 0 heterocycles. The van der Waals surface area contributed by atoms with Gasteiger partial charge in [-0.15, -0.1) is 0 Å². The van der Waals surface area contributed by atoms with Gasteiger partial charge in [0.15, 0.2) is 0 Å². The third-order valence-electron chi connectivity index (χ3n) is 1.98. The number of hydrogen-bond acceptors (Lipinski definition) is 0. The van der Waals surface area contributed by atoms with Gasteiger partial charge in [-0.25, -0.2) is 12.1 Å². The molecule has 0 fully saturated rings. The largest absolute Gasteiger partial charge is 0.213 e. The van der Waals surface area contributed by atoms with Crippen molar-refractivity contribution in [1.82, 2.24) is 0 Å². The molecule has 2 aromatic rings. The molecule has 16 heavy (non-hydrogen) atoms. The maximum Gasteiger partial charge on any atom is -0.0485 e. The van der Waals surface area contributed by atoms with E-state index in [1.807, 2.05) is 0 Å². The predicted octanol–water partition coefficient (Wildman–Crippen LogP) is 5.06. The molecule has 0 aliphatic rings. The van der Waals surface area contributed by atoms with Crippen LogP contribution in [-0.2, 0) is 21.1 Å². The summed E-state index contributed by atoms with van der Waals surface area (Å²) < 4.78 is 0. The Labute approximate surface area is 114 Å². The summed E-state index contributed by atoms with van der Waals surface area (Å²) in [6.45, 7) is 0. The second-order valence-electron chi connectivity index (χ2n) is 3.17. The van der Waals surface area contributed by atoms with Crippen LogP contribution in [-0.4, -0.2) is 0 Å². The first-order valence-corrected chi connectivity index (χ1v) is 11.2. The molecule has 0 aromatic heterocycles. The summed E-state index contributed by atoms with van der Waals surface area (Å²) in [4.78, 5) is 0. The van der Waals surface area contributed by atoms with Gasteiger partial charge < -0.3 is 0 Å². The minimum Gasteiger partial charge on any atom is -0.213 e. The molecule has 0 amide bonds. The standard InChI is InChI=1S/C12H11.3ClH.Ti/c1-2-6-11(7-3-1)10-12-8-4-5-9-12;;;;/h1-9H,10H2;3*1H;/q-1;;;;+4/p-3. The van der Waals surface area contributed by atoms with Crippen LogP contribution < -0.4 is 0 Å². The molecule has 0 unspecified atom stereocenters. The van der Waals surface area contributed by atoms with E-state index in [0.29, 0.717) is 0 Å². The van der Waals surface area contributed by atoms with Gasteiger partial charge in [-0.3, -0.25) is 0 Å². The van der Waals surface area contributed by atoms with E-state index in [1.54, 1.807) is 0 Å². The summed E-state index contributed by atoms with van der Waals surface area (Å²) in [5, 5.41) is 0. The molecule has 0 aliphatic carbocycles. The van der Waals surface area contributed by atoms with E-state index in [-0.39, 0.29) is 0 Å². The van der Waals surface area contributed by atoms with Crippen molar-refractivity contribution in [2.45, 2.75) is 6.42 Å². The fourth-order valence-electron chi connectivity index (χ4n) is 1.36. The monoisotopic (exact) mass is 308 g/mol. The Morgan fingerprint density at radius 3 is 1.88 bits per heavy atom. The molecule has 0 spiro atoms. The molecule has 2 aromatic carbocycles. The van der Waals surface area contributed by atoms with Gasteiger partial charge in [0, 0.05) is 0 Å². The molecule has 0 bridgehead atoms. The zero-order valence-corrected chi connectivity index (χ0v) is 12.4. The van der Waals surface area contributed by atoms with Crippen molar-refractivity contribution in [1.29, 1.82) is 0 Å². The number of rotatable bonds is 2. The fraction of sp³-hybridized carbons (Fsp3) is 0.0833. The van der Waals surface area contributed by atoms with E-state index in [1.165, 1.54) is 11.1 Å². The van der Waals surface area contributed by atoms with E-state index >= 15 is 0 Å². The normalized spacial score (nSPS) is 9.19. The van der Waals surface area contributed by atoms with Gasteiger partial charge in [0.25, 0.3) is 0 Å². The van der Waals surface area contributed by atoms with Gasteiger partial charge in [-0.2, -0.15) is 17.7 Å². The molecular formula is C12H11Cl3Ti. The summed E-state index contributed by atoms with van der Waals surface area (Å²) in [5.74, 6) is 0. The summed E-state index contributed by atoms with van der Waals surface area (Å²) >= 11 is -1.92. The quantitative estimate of drug-likeness (QED) is 0.537. The van der Waals surface area contributed by atoms with Crippen molar-refractivity contribution in [2.24, 2.45) is 0 Å². The van der Waals surface area contributed by atoms with E-state index in [9.17, 15) is 0 Å². The van der Waals surface area contributed by atoms with Crippen LogP contribution >= 0.6 is 27.9 Å². The predicted molar refractivity (Wildman–Crippen MR) is 68.8 cm³/mol. The van der Waals surface area contributed by atoms with E-state index in [0.717, 1.165) is 6.42 Å². The molecule has 0 saturated carbocycles. The second-order valence-corrected chi connectivity index (χ2v) is 10.9. The van der Waals surface area contributed by atoms with Crippen LogP contribution in [0.4, 0.5) is 0 Å². The summed E-state index contributed by atoms with van der Waals surface area (Å²) in [6, 6.07) is 19.0. The topological polar surface area (TPSA) is 0 Å². The van der Waals surface area contributed by atoms with Crippen LogP contribution in [0.1, 0.15) is 11.1 Å². The molecular weight excluding hydrogens is 298 g/mol. The van der Waals surface area contributed by atoms with Crippen LogP contribution in [0.25, 0.3) is 0 Å². The van der Waals surface area contributed by atoms with Crippen molar-refractivity contribution < 1.29 is 14.7 Å². The second kappa shape index (κ2) is 8.28. The van der Waals surface area contributed by atoms with E-state index in [2.05, 4.69) is 54.6 Å². The van der Waals surface area contributed by atoms with E-state index < -0.39 is 14.7 Å². The Morgan fingerprint density at radius 2 is 1.38 bits per heavy atom. The SMILES string of the molecule is [Cl][Ti+]([Cl])[Cl].c1ccc(C[c-]2cccc2)cc1. The van der Waals surface area contributed by atoms with Gasteiger partial charge in [-0.05, 0) is 6.42 Å². The van der Waals surface area contributed by atoms with Crippen molar-refractivity contribution >= 4 is 27.9 Å². The summed E-state index contributed by atoms with van der Waals surface area (Å²) in [6.07, 6.45) is 1.05. The van der Waals surface area contributed by atoms with Gasteiger partial charge in [0.1, 0.15) is 0 Å². The summed E-state index contributed by atoms with van der Waals surface area (Å²) in [7, 11) is 14.9. The molecule has 0 nitrogen and oxygen atoms in total. The average Bonchev–Trinajstić information content (AvgIpc) is 2.71. The van der Waals surface area contributed by atoms with Gasteiger partial charge >= 0.3 is 42.6 Å². The van der Waals surface area contributed by atoms with Crippen molar-refractivity contribution in [3.63, 3.8) is 0 Å². The van der Waals surface area contributed by atoms with Gasteiger partial charge in [0.05, 0.1) is 0 Å². The number of halogens is 3. The van der Waals surface area contributed by atoms with Gasteiger partial charge in [0.2, 0.25) is 0 Å². The first kappa shape index (κ1) is 14.2. The maximum absolute atomic E-state index is 4.97. The van der Waals surface area contributed by atoms with Crippen LogP contribution in [0, 0.1) is 0 Å². The van der Waals surface area contributed by atoms with Crippen LogP contribution in [0.15, 0.2) is 54.6 Å². The summed E-state index contributed by atoms with van der Waals surface area (Å²) in [5.41, 5.74) is 2.77. The zero-order valence-electron chi connectivity index (χ0n) is 8.54. The first-order chi connectivity index (χ1) is 7.68. The molecule has 0 aliphatic heterocycles. The molecule has 84 valence electrons. The smallest absolute Gasteiger partial charge is 0.0485 e. The molecule has 0 N–H and O–H groups in total. The minimum atomic E-state index is -1.92. The number of hydrogen-bond donors (Lipinski definition) is 0. The van der Waals surface area contributed by atoms with Crippen LogP contribution in [0.2, 0.25) is 0 Å². The maximum atomic E-state index is 4.97. The van der Waals surface area contributed by atoms with Crippen LogP contribution in [0.5, 0.6) is 0 Å². The van der Waals surface area contributed by atoms with Crippen molar-refractivity contribution in [2.75, 3.05) is 0 Å². The minimum absolute atomic E-state index is 1.05.